The SMILES string of the molecule is CCCN(CCOC)C(=O)c1cc2c(cn1)c(-c1c[nH]c3cnccc13)nn2CC(F)(F)F.[HH]. The highest BCUT2D eigenvalue weighted by molar-refractivity contribution is 6.04. The third-order valence-corrected chi connectivity index (χ3v) is 5.27. The number of ether oxygens (including phenoxy) is 1. The minimum Gasteiger partial charge on any atom is -0.383 e. The topological polar surface area (TPSA) is 88.9 Å². The van der Waals surface area contributed by atoms with Gasteiger partial charge in [-0.05, 0) is 18.6 Å². The predicted octanol–water partition coefficient (Wildman–Crippen LogP) is 4.28. The quantitative estimate of drug-likeness (QED) is 0.422. The highest BCUT2D eigenvalue weighted by Crippen LogP contribution is 2.34. The van der Waals surface area contributed by atoms with Crippen molar-refractivity contribution in [3.63, 3.8) is 0 Å². The van der Waals surface area contributed by atoms with Crippen LogP contribution >= 0.6 is 0 Å². The van der Waals surface area contributed by atoms with Crippen molar-refractivity contribution in [2.45, 2.75) is 26.1 Å². The van der Waals surface area contributed by atoms with Gasteiger partial charge in [0.1, 0.15) is 17.9 Å². The summed E-state index contributed by atoms with van der Waals surface area (Å²) < 4.78 is 45.9. The van der Waals surface area contributed by atoms with Gasteiger partial charge in [0.05, 0.1) is 23.8 Å². The Balaban J connectivity index is 0.00000324. The number of rotatable bonds is 8. The molecule has 0 radical (unpaired) electrons. The van der Waals surface area contributed by atoms with Gasteiger partial charge in [0.2, 0.25) is 0 Å². The third-order valence-electron chi connectivity index (χ3n) is 5.27. The minimum atomic E-state index is -4.49. The number of carbonyl (C=O) groups excluding carboxylic acids is 1. The average molecular weight is 462 g/mol. The lowest BCUT2D eigenvalue weighted by Crippen LogP contribution is -2.35. The molecule has 0 atom stereocenters. The van der Waals surface area contributed by atoms with Gasteiger partial charge in [-0.15, -0.1) is 0 Å². The largest absolute Gasteiger partial charge is 0.408 e. The fraction of sp³-hybridized carbons (Fsp3) is 0.364. The van der Waals surface area contributed by atoms with E-state index in [0.29, 0.717) is 36.3 Å². The molecule has 0 aliphatic heterocycles. The van der Waals surface area contributed by atoms with Crippen molar-refractivity contribution in [3.05, 3.63) is 42.6 Å². The van der Waals surface area contributed by atoms with Crippen LogP contribution in [0, 0.1) is 0 Å². The van der Waals surface area contributed by atoms with Crippen molar-refractivity contribution in [1.29, 1.82) is 0 Å². The molecule has 0 aliphatic rings. The Morgan fingerprint density at radius 2 is 2.09 bits per heavy atom. The maximum absolute atomic E-state index is 13.3. The lowest BCUT2D eigenvalue weighted by molar-refractivity contribution is -0.141. The van der Waals surface area contributed by atoms with Gasteiger partial charge in [-0.1, -0.05) is 6.92 Å². The Labute approximate surface area is 188 Å². The van der Waals surface area contributed by atoms with E-state index in [1.807, 2.05) is 6.92 Å². The fourth-order valence-corrected chi connectivity index (χ4v) is 3.79. The number of hydrogen-bond acceptors (Lipinski definition) is 5. The van der Waals surface area contributed by atoms with Gasteiger partial charge in [0.15, 0.2) is 0 Å². The number of nitrogens with one attached hydrogen (secondary N) is 1. The summed E-state index contributed by atoms with van der Waals surface area (Å²) in [6.07, 6.45) is 2.57. The predicted molar refractivity (Wildman–Crippen MR) is 119 cm³/mol. The van der Waals surface area contributed by atoms with E-state index in [4.69, 9.17) is 4.74 Å². The van der Waals surface area contributed by atoms with Crippen LogP contribution in [0.1, 0.15) is 25.3 Å². The van der Waals surface area contributed by atoms with Crippen LogP contribution < -0.4 is 0 Å². The summed E-state index contributed by atoms with van der Waals surface area (Å²) >= 11 is 0. The maximum atomic E-state index is 13.3. The van der Waals surface area contributed by atoms with Crippen molar-refractivity contribution < 1.29 is 24.1 Å². The fourth-order valence-electron chi connectivity index (χ4n) is 3.79. The van der Waals surface area contributed by atoms with Crippen molar-refractivity contribution in [3.8, 4) is 11.3 Å². The van der Waals surface area contributed by atoms with Crippen LogP contribution in [0.15, 0.2) is 36.9 Å². The van der Waals surface area contributed by atoms with Gasteiger partial charge in [0.25, 0.3) is 5.91 Å². The monoisotopic (exact) mass is 462 g/mol. The van der Waals surface area contributed by atoms with Crippen LogP contribution in [0.4, 0.5) is 13.2 Å². The molecule has 0 aliphatic carbocycles. The second-order valence-corrected chi connectivity index (χ2v) is 7.62. The summed E-state index contributed by atoms with van der Waals surface area (Å²) in [6, 6.07) is 3.14. The summed E-state index contributed by atoms with van der Waals surface area (Å²) in [5.41, 5.74) is 1.96. The Bertz CT molecular complexity index is 1290. The van der Waals surface area contributed by atoms with E-state index in [2.05, 4.69) is 20.1 Å². The number of pyridine rings is 2. The maximum Gasteiger partial charge on any atom is 0.408 e. The molecular formula is C22H25F3N6O2. The molecule has 0 saturated heterocycles. The molecule has 11 heteroatoms. The Morgan fingerprint density at radius 1 is 1.27 bits per heavy atom. The zero-order valence-electron chi connectivity index (χ0n) is 18.2. The summed E-state index contributed by atoms with van der Waals surface area (Å²) in [5.74, 6) is -0.365. The smallest absolute Gasteiger partial charge is 0.383 e. The van der Waals surface area contributed by atoms with Crippen molar-refractivity contribution in [2.75, 3.05) is 26.8 Å². The second kappa shape index (κ2) is 9.18. The average Bonchev–Trinajstić information content (AvgIpc) is 3.36. The molecule has 4 heterocycles. The number of aromatic amines is 1. The van der Waals surface area contributed by atoms with Crippen LogP contribution in [0.25, 0.3) is 33.1 Å². The van der Waals surface area contributed by atoms with Crippen LogP contribution in [0.2, 0.25) is 0 Å². The van der Waals surface area contributed by atoms with E-state index in [0.717, 1.165) is 22.0 Å². The number of hydrogen-bond donors (Lipinski definition) is 1. The number of aromatic nitrogens is 5. The first-order chi connectivity index (χ1) is 15.8. The molecule has 0 aromatic carbocycles. The Hall–Kier alpha value is -3.47. The molecule has 1 N–H and O–H groups in total. The zero-order valence-corrected chi connectivity index (χ0v) is 18.2. The molecule has 1 amide bonds. The summed E-state index contributed by atoms with van der Waals surface area (Å²) in [6.45, 7) is 1.84. The molecule has 8 nitrogen and oxygen atoms in total. The van der Waals surface area contributed by atoms with Crippen LogP contribution in [0.3, 0.4) is 0 Å². The molecule has 0 unspecified atom stereocenters. The van der Waals surface area contributed by atoms with Crippen LogP contribution in [-0.2, 0) is 11.3 Å². The van der Waals surface area contributed by atoms with Gasteiger partial charge in [-0.25, -0.2) is 0 Å². The molecule has 4 aromatic heterocycles. The first-order valence-corrected chi connectivity index (χ1v) is 10.5. The molecule has 0 saturated carbocycles. The van der Waals surface area contributed by atoms with Gasteiger partial charge in [0, 0.05) is 56.6 Å². The molecule has 4 rings (SSSR count). The van der Waals surface area contributed by atoms with Crippen molar-refractivity contribution >= 4 is 27.7 Å². The molecular weight excluding hydrogens is 437 g/mol. The number of H-pyrrole nitrogens is 1. The van der Waals surface area contributed by atoms with Gasteiger partial charge >= 0.3 is 6.18 Å². The minimum absolute atomic E-state index is 0. The Kier molecular flexibility index (Phi) is 6.32. The zero-order chi connectivity index (χ0) is 23.6. The summed E-state index contributed by atoms with van der Waals surface area (Å²) in [5, 5.41) is 5.47. The molecule has 0 fully saturated rings. The lowest BCUT2D eigenvalue weighted by Gasteiger charge is -2.21. The molecule has 0 spiro atoms. The van der Waals surface area contributed by atoms with E-state index in [1.165, 1.54) is 19.4 Å². The first-order valence-electron chi connectivity index (χ1n) is 10.5. The van der Waals surface area contributed by atoms with Gasteiger partial charge < -0.3 is 14.6 Å². The van der Waals surface area contributed by atoms with Crippen molar-refractivity contribution in [1.82, 2.24) is 29.6 Å². The second-order valence-electron chi connectivity index (χ2n) is 7.62. The number of nitrogens with zero attached hydrogens (tertiary/aromatic N) is 5. The third kappa shape index (κ3) is 4.68. The highest BCUT2D eigenvalue weighted by atomic mass is 19.4. The number of alkyl halides is 3. The number of fused-ring (bicyclic) bond motifs is 2. The Morgan fingerprint density at radius 3 is 2.82 bits per heavy atom. The van der Waals surface area contributed by atoms with Crippen LogP contribution in [-0.4, -0.2) is 68.5 Å². The van der Waals surface area contributed by atoms with E-state index in [1.54, 1.807) is 29.6 Å². The lowest BCUT2D eigenvalue weighted by atomic mass is 10.1. The standard InChI is InChI=1S/C22H23F3N6O2.H2/c1-3-6-30(7-8-33-2)21(32)17-9-19-16(11-27-17)20(29-31(19)13-22(23,24)25)15-10-28-18-12-26-5-4-14(15)18;/h4-5,9-12,28H,3,6-8,13H2,1-2H3;1H. The van der Waals surface area contributed by atoms with Crippen LogP contribution in [0.5, 0.6) is 0 Å². The van der Waals surface area contributed by atoms with Gasteiger partial charge in [-0.2, -0.15) is 18.3 Å². The van der Waals surface area contributed by atoms with E-state index in [-0.39, 0.29) is 18.5 Å². The van der Waals surface area contributed by atoms with Gasteiger partial charge in [-0.3, -0.25) is 19.4 Å². The summed E-state index contributed by atoms with van der Waals surface area (Å²) in [7, 11) is 1.54. The molecule has 0 bridgehead atoms. The first kappa shape index (κ1) is 22.7. The number of methoxy groups -OCH3 is 1. The molecule has 4 aromatic rings. The van der Waals surface area contributed by atoms with E-state index >= 15 is 0 Å². The molecule has 176 valence electrons. The van der Waals surface area contributed by atoms with E-state index in [9.17, 15) is 18.0 Å². The van der Waals surface area contributed by atoms with E-state index < -0.39 is 12.7 Å². The molecule has 33 heavy (non-hydrogen) atoms. The number of halogens is 3. The highest BCUT2D eigenvalue weighted by Gasteiger charge is 2.31. The number of amides is 1. The normalized spacial score (nSPS) is 12.0. The summed E-state index contributed by atoms with van der Waals surface area (Å²) in [4.78, 5) is 26.0. The number of carbonyl (C=O) groups is 1. The van der Waals surface area contributed by atoms with Crippen molar-refractivity contribution in [2.24, 2.45) is 0 Å².